The third-order valence-electron chi connectivity index (χ3n) is 2.90. The molecule has 0 unspecified atom stereocenters. The minimum Gasteiger partial charge on any atom is -0.478 e. The second-order valence-electron chi connectivity index (χ2n) is 4.39. The highest BCUT2D eigenvalue weighted by atomic mass is 16.6. The summed E-state index contributed by atoms with van der Waals surface area (Å²) in [7, 11) is 0. The van der Waals surface area contributed by atoms with E-state index in [1.54, 1.807) is 31.2 Å². The Labute approximate surface area is 120 Å². The van der Waals surface area contributed by atoms with Crippen LogP contribution in [0, 0.1) is 17.0 Å². The molecule has 0 amide bonds. The van der Waals surface area contributed by atoms with Crippen LogP contribution < -0.4 is 5.32 Å². The van der Waals surface area contributed by atoms with E-state index in [1.165, 1.54) is 12.1 Å². The van der Waals surface area contributed by atoms with Gasteiger partial charge in [0.2, 0.25) is 0 Å². The lowest BCUT2D eigenvalue weighted by Gasteiger charge is -2.09. The zero-order valence-electron chi connectivity index (χ0n) is 11.2. The molecule has 0 saturated heterocycles. The summed E-state index contributed by atoms with van der Waals surface area (Å²) in [5, 5.41) is 22.9. The summed E-state index contributed by atoms with van der Waals surface area (Å²) in [6.07, 6.45) is 0. The monoisotopic (exact) mass is 287 g/mol. The molecule has 1 aromatic carbocycles. The number of carboxylic acids is 1. The first-order valence-corrected chi connectivity index (χ1v) is 6.16. The minimum absolute atomic E-state index is 0.0190. The van der Waals surface area contributed by atoms with Gasteiger partial charge in [0.15, 0.2) is 0 Å². The molecule has 0 bridgehead atoms. The van der Waals surface area contributed by atoms with Crippen LogP contribution in [0.3, 0.4) is 0 Å². The molecule has 2 aromatic rings. The molecule has 2 rings (SSSR count). The average Bonchev–Trinajstić information content (AvgIpc) is 2.45. The van der Waals surface area contributed by atoms with E-state index in [1.807, 2.05) is 0 Å². The van der Waals surface area contributed by atoms with Crippen molar-refractivity contribution in [2.45, 2.75) is 13.5 Å². The van der Waals surface area contributed by atoms with Crippen molar-refractivity contribution in [1.29, 1.82) is 0 Å². The van der Waals surface area contributed by atoms with Crippen LogP contribution in [0.15, 0.2) is 36.4 Å². The van der Waals surface area contributed by atoms with Gasteiger partial charge in [-0.2, -0.15) is 0 Å². The molecule has 0 saturated carbocycles. The smallest absolute Gasteiger partial charge is 0.339 e. The van der Waals surface area contributed by atoms with Crippen molar-refractivity contribution < 1.29 is 14.8 Å². The second kappa shape index (κ2) is 6.00. The van der Waals surface area contributed by atoms with Crippen molar-refractivity contribution in [3.63, 3.8) is 0 Å². The summed E-state index contributed by atoms with van der Waals surface area (Å²) in [6.45, 7) is 1.86. The van der Waals surface area contributed by atoms with Crippen molar-refractivity contribution in [2.24, 2.45) is 0 Å². The van der Waals surface area contributed by atoms with E-state index in [4.69, 9.17) is 5.11 Å². The van der Waals surface area contributed by atoms with E-state index in [9.17, 15) is 14.9 Å². The number of nitrogens with zero attached hydrogens (tertiary/aromatic N) is 2. The van der Waals surface area contributed by atoms with E-state index >= 15 is 0 Å². The first-order chi connectivity index (χ1) is 9.99. The number of carbonyl (C=O) groups is 1. The van der Waals surface area contributed by atoms with Gasteiger partial charge in [-0.3, -0.25) is 10.1 Å². The van der Waals surface area contributed by atoms with Crippen LogP contribution in [0.4, 0.5) is 11.5 Å². The van der Waals surface area contributed by atoms with Crippen LogP contribution in [0.25, 0.3) is 0 Å². The minimum atomic E-state index is -1.10. The van der Waals surface area contributed by atoms with Crippen molar-refractivity contribution in [3.8, 4) is 0 Å². The van der Waals surface area contributed by atoms with E-state index < -0.39 is 10.9 Å². The topological polar surface area (TPSA) is 105 Å². The molecular formula is C14H13N3O4. The lowest BCUT2D eigenvalue weighted by molar-refractivity contribution is -0.385. The second-order valence-corrected chi connectivity index (χ2v) is 4.39. The van der Waals surface area contributed by atoms with Crippen LogP contribution >= 0.6 is 0 Å². The van der Waals surface area contributed by atoms with Crippen molar-refractivity contribution in [3.05, 3.63) is 63.3 Å². The molecule has 7 heteroatoms. The summed E-state index contributed by atoms with van der Waals surface area (Å²) < 4.78 is 0. The number of carboxylic acid groups (broad SMARTS) is 1. The number of hydrogen-bond acceptors (Lipinski definition) is 5. The Morgan fingerprint density at radius 2 is 2.05 bits per heavy atom. The maximum Gasteiger partial charge on any atom is 0.339 e. The van der Waals surface area contributed by atoms with Gasteiger partial charge in [-0.15, -0.1) is 0 Å². The maximum absolute atomic E-state index is 11.1. The van der Waals surface area contributed by atoms with Crippen molar-refractivity contribution in [1.82, 2.24) is 4.98 Å². The van der Waals surface area contributed by atoms with Gasteiger partial charge < -0.3 is 10.4 Å². The summed E-state index contributed by atoms with van der Waals surface area (Å²) >= 11 is 0. The molecule has 21 heavy (non-hydrogen) atoms. The van der Waals surface area contributed by atoms with Crippen LogP contribution in [0.5, 0.6) is 0 Å². The fourth-order valence-electron chi connectivity index (χ4n) is 1.88. The number of benzene rings is 1. The molecule has 7 nitrogen and oxygen atoms in total. The highest BCUT2D eigenvalue weighted by Crippen LogP contribution is 2.20. The third kappa shape index (κ3) is 3.33. The number of para-hydroxylation sites is 1. The molecule has 2 N–H and O–H groups in total. The molecule has 0 aliphatic carbocycles. The molecule has 1 aromatic heterocycles. The van der Waals surface area contributed by atoms with Crippen LogP contribution in [0.1, 0.15) is 21.6 Å². The Hall–Kier alpha value is -2.96. The zero-order chi connectivity index (χ0) is 15.4. The van der Waals surface area contributed by atoms with Crippen LogP contribution in [-0.4, -0.2) is 21.0 Å². The first-order valence-electron chi connectivity index (χ1n) is 6.16. The van der Waals surface area contributed by atoms with E-state index in [2.05, 4.69) is 10.3 Å². The summed E-state index contributed by atoms with van der Waals surface area (Å²) in [5.41, 5.74) is 1.13. The molecule has 108 valence electrons. The number of aromatic carboxylic acids is 1. The number of nitro groups is 1. The van der Waals surface area contributed by atoms with Crippen molar-refractivity contribution >= 4 is 17.5 Å². The van der Waals surface area contributed by atoms with Crippen molar-refractivity contribution in [2.75, 3.05) is 5.32 Å². The van der Waals surface area contributed by atoms with Gasteiger partial charge in [0.05, 0.1) is 4.92 Å². The lowest BCUT2D eigenvalue weighted by atomic mass is 10.1. The number of pyridine rings is 1. The molecule has 0 aliphatic heterocycles. The van der Waals surface area contributed by atoms with E-state index in [-0.39, 0.29) is 23.6 Å². The zero-order valence-corrected chi connectivity index (χ0v) is 11.2. The summed E-state index contributed by atoms with van der Waals surface area (Å²) in [5.74, 6) is -0.909. The molecule has 1 heterocycles. The summed E-state index contributed by atoms with van der Waals surface area (Å²) in [6, 6.07) is 9.33. The van der Waals surface area contributed by atoms with Crippen LogP contribution in [0.2, 0.25) is 0 Å². The lowest BCUT2D eigenvalue weighted by Crippen LogP contribution is -2.10. The number of nitro benzene ring substituents is 1. The Balaban J connectivity index is 2.27. The molecule has 0 spiro atoms. The SMILES string of the molecule is Cc1ccc(C(=O)O)c(NCc2ccccc2[N+](=O)[O-])n1. The number of rotatable bonds is 5. The Morgan fingerprint density at radius 3 is 2.71 bits per heavy atom. The molecule has 0 aliphatic rings. The first kappa shape index (κ1) is 14.4. The number of aryl methyl sites for hydroxylation is 1. The van der Waals surface area contributed by atoms with Gasteiger partial charge in [0.25, 0.3) is 5.69 Å². The highest BCUT2D eigenvalue weighted by molar-refractivity contribution is 5.93. The third-order valence-corrected chi connectivity index (χ3v) is 2.90. The summed E-state index contributed by atoms with van der Waals surface area (Å²) in [4.78, 5) is 25.7. The molecular weight excluding hydrogens is 274 g/mol. The fraction of sp³-hybridized carbons (Fsp3) is 0.143. The van der Waals surface area contributed by atoms with Gasteiger partial charge >= 0.3 is 5.97 Å². The van der Waals surface area contributed by atoms with Gasteiger partial charge in [-0.1, -0.05) is 18.2 Å². The predicted octanol–water partition coefficient (Wildman–Crippen LogP) is 2.61. The maximum atomic E-state index is 11.1. The number of nitrogens with one attached hydrogen (secondary N) is 1. The number of hydrogen-bond donors (Lipinski definition) is 2. The van der Waals surface area contributed by atoms with Gasteiger partial charge in [-0.05, 0) is 19.1 Å². The largest absolute Gasteiger partial charge is 0.478 e. The molecule has 0 atom stereocenters. The van der Waals surface area contributed by atoms with E-state index in [0.29, 0.717) is 11.3 Å². The quantitative estimate of drug-likeness (QED) is 0.646. The Kier molecular flexibility index (Phi) is 4.13. The fourth-order valence-corrected chi connectivity index (χ4v) is 1.88. The Morgan fingerprint density at radius 1 is 1.33 bits per heavy atom. The predicted molar refractivity (Wildman–Crippen MR) is 76.4 cm³/mol. The van der Waals surface area contributed by atoms with E-state index in [0.717, 1.165) is 0 Å². The standard InChI is InChI=1S/C14H13N3O4/c1-9-6-7-11(14(18)19)13(16-9)15-8-10-4-2-3-5-12(10)17(20)21/h2-7H,8H2,1H3,(H,15,16)(H,18,19). The van der Waals surface area contributed by atoms with Gasteiger partial charge in [0, 0.05) is 23.9 Å². The highest BCUT2D eigenvalue weighted by Gasteiger charge is 2.15. The van der Waals surface area contributed by atoms with Gasteiger partial charge in [-0.25, -0.2) is 9.78 Å². The molecule has 0 fully saturated rings. The number of aromatic nitrogens is 1. The average molecular weight is 287 g/mol. The molecule has 0 radical (unpaired) electrons. The number of anilines is 1. The normalized spacial score (nSPS) is 10.1. The van der Waals surface area contributed by atoms with Gasteiger partial charge in [0.1, 0.15) is 11.4 Å². The Bertz CT molecular complexity index is 700. The van der Waals surface area contributed by atoms with Crippen LogP contribution in [-0.2, 0) is 6.54 Å².